The molecular formula is C17H19ClN2O3. The molecule has 0 spiro atoms. The van der Waals surface area contributed by atoms with Crippen LogP contribution in [0.1, 0.15) is 17.2 Å². The van der Waals surface area contributed by atoms with Gasteiger partial charge in [-0.25, -0.2) is 4.79 Å². The Morgan fingerprint density at radius 1 is 1.09 bits per heavy atom. The van der Waals surface area contributed by atoms with Crippen molar-refractivity contribution >= 4 is 17.6 Å². The standard InChI is InChI=1S/C17H19ClN2O3/c1-19-17(21)20-16(12-6-4-5-7-13(12)18)11-8-9-14(22-2)15(10-11)23-3/h4-10,16H,1-3H3,(H2,19,20,21)/t16-/m0/s1. The summed E-state index contributed by atoms with van der Waals surface area (Å²) in [5.74, 6) is 1.20. The number of amides is 2. The Morgan fingerprint density at radius 2 is 1.78 bits per heavy atom. The number of nitrogens with one attached hydrogen (secondary N) is 2. The van der Waals surface area contributed by atoms with Gasteiger partial charge in [0.1, 0.15) is 0 Å². The molecule has 0 bridgehead atoms. The van der Waals surface area contributed by atoms with Crippen molar-refractivity contribution in [2.75, 3.05) is 21.3 Å². The third-order valence-electron chi connectivity index (χ3n) is 3.46. The van der Waals surface area contributed by atoms with E-state index in [2.05, 4.69) is 10.6 Å². The smallest absolute Gasteiger partial charge is 0.315 e. The lowest BCUT2D eigenvalue weighted by Gasteiger charge is -2.21. The summed E-state index contributed by atoms with van der Waals surface area (Å²) in [6.07, 6.45) is 0. The third-order valence-corrected chi connectivity index (χ3v) is 3.80. The maximum absolute atomic E-state index is 11.8. The molecule has 2 aromatic carbocycles. The molecule has 0 aliphatic carbocycles. The molecule has 0 aliphatic heterocycles. The van der Waals surface area contributed by atoms with Gasteiger partial charge in [-0.15, -0.1) is 0 Å². The molecule has 2 N–H and O–H groups in total. The SMILES string of the molecule is CNC(=O)N[C@@H](c1ccc(OC)c(OC)c1)c1ccccc1Cl. The second-order valence-corrected chi connectivity index (χ2v) is 5.20. The summed E-state index contributed by atoms with van der Waals surface area (Å²) < 4.78 is 10.6. The number of carbonyl (C=O) groups is 1. The summed E-state index contributed by atoms with van der Waals surface area (Å²) in [4.78, 5) is 11.8. The largest absolute Gasteiger partial charge is 0.493 e. The number of hydrogen-bond acceptors (Lipinski definition) is 3. The van der Waals surface area contributed by atoms with Crippen LogP contribution >= 0.6 is 11.6 Å². The Bertz CT molecular complexity index is 691. The molecule has 0 heterocycles. The average Bonchev–Trinajstić information content (AvgIpc) is 2.59. The van der Waals surface area contributed by atoms with Gasteiger partial charge in [-0.05, 0) is 29.3 Å². The van der Waals surface area contributed by atoms with Crippen LogP contribution in [0.5, 0.6) is 11.5 Å². The van der Waals surface area contributed by atoms with Gasteiger partial charge in [0.05, 0.1) is 20.3 Å². The van der Waals surface area contributed by atoms with Crippen molar-refractivity contribution in [3.05, 3.63) is 58.6 Å². The Kier molecular flexibility index (Phi) is 5.71. The van der Waals surface area contributed by atoms with Crippen LogP contribution in [0.25, 0.3) is 0 Å². The summed E-state index contributed by atoms with van der Waals surface area (Å²) in [6.45, 7) is 0. The highest BCUT2D eigenvalue weighted by atomic mass is 35.5. The molecule has 2 rings (SSSR count). The van der Waals surface area contributed by atoms with E-state index in [1.165, 1.54) is 0 Å². The quantitative estimate of drug-likeness (QED) is 0.881. The molecule has 0 aromatic heterocycles. The normalized spacial score (nSPS) is 11.5. The van der Waals surface area contributed by atoms with Crippen molar-refractivity contribution in [1.29, 1.82) is 0 Å². The van der Waals surface area contributed by atoms with Crippen LogP contribution in [0.4, 0.5) is 4.79 Å². The van der Waals surface area contributed by atoms with Crippen molar-refractivity contribution < 1.29 is 14.3 Å². The van der Waals surface area contributed by atoms with Crippen molar-refractivity contribution in [3.8, 4) is 11.5 Å². The molecule has 0 radical (unpaired) electrons. The fourth-order valence-electron chi connectivity index (χ4n) is 2.29. The van der Waals surface area contributed by atoms with Gasteiger partial charge in [0.2, 0.25) is 0 Å². The molecule has 122 valence electrons. The van der Waals surface area contributed by atoms with E-state index in [9.17, 15) is 4.79 Å². The van der Waals surface area contributed by atoms with Crippen LogP contribution in [-0.2, 0) is 0 Å². The highest BCUT2D eigenvalue weighted by Crippen LogP contribution is 2.34. The predicted octanol–water partition coefficient (Wildman–Crippen LogP) is 3.38. The fourth-order valence-corrected chi connectivity index (χ4v) is 2.53. The van der Waals surface area contributed by atoms with E-state index in [4.69, 9.17) is 21.1 Å². The lowest BCUT2D eigenvalue weighted by Crippen LogP contribution is -2.36. The summed E-state index contributed by atoms with van der Waals surface area (Å²) in [5.41, 5.74) is 1.63. The highest BCUT2D eigenvalue weighted by Gasteiger charge is 2.20. The van der Waals surface area contributed by atoms with Crippen molar-refractivity contribution in [2.45, 2.75) is 6.04 Å². The van der Waals surface area contributed by atoms with Crippen molar-refractivity contribution in [2.24, 2.45) is 0 Å². The van der Waals surface area contributed by atoms with Crippen LogP contribution in [-0.4, -0.2) is 27.3 Å². The minimum Gasteiger partial charge on any atom is -0.493 e. The van der Waals surface area contributed by atoms with Gasteiger partial charge in [0.15, 0.2) is 11.5 Å². The first-order valence-electron chi connectivity index (χ1n) is 7.05. The van der Waals surface area contributed by atoms with Gasteiger partial charge in [0.25, 0.3) is 0 Å². The number of benzene rings is 2. The molecule has 23 heavy (non-hydrogen) atoms. The maximum atomic E-state index is 11.8. The van der Waals surface area contributed by atoms with Crippen LogP contribution in [0.2, 0.25) is 5.02 Å². The molecule has 6 heteroatoms. The second kappa shape index (κ2) is 7.74. The molecular weight excluding hydrogens is 316 g/mol. The number of carbonyl (C=O) groups excluding carboxylic acids is 1. The van der Waals surface area contributed by atoms with Crippen LogP contribution in [0.3, 0.4) is 0 Å². The van der Waals surface area contributed by atoms with E-state index in [1.807, 2.05) is 30.3 Å². The predicted molar refractivity (Wildman–Crippen MR) is 90.4 cm³/mol. The molecule has 0 unspecified atom stereocenters. The summed E-state index contributed by atoms with van der Waals surface area (Å²) in [7, 11) is 4.71. The lowest BCUT2D eigenvalue weighted by atomic mass is 9.98. The Hall–Kier alpha value is -2.40. The first kappa shape index (κ1) is 17.0. The highest BCUT2D eigenvalue weighted by molar-refractivity contribution is 6.31. The molecule has 0 saturated heterocycles. The van der Waals surface area contributed by atoms with Gasteiger partial charge in [-0.3, -0.25) is 0 Å². The molecule has 0 saturated carbocycles. The van der Waals surface area contributed by atoms with E-state index in [0.717, 1.165) is 11.1 Å². The van der Waals surface area contributed by atoms with Gasteiger partial charge in [0, 0.05) is 12.1 Å². The van der Waals surface area contributed by atoms with Crippen LogP contribution in [0.15, 0.2) is 42.5 Å². The van der Waals surface area contributed by atoms with Crippen molar-refractivity contribution in [3.63, 3.8) is 0 Å². The van der Waals surface area contributed by atoms with E-state index in [0.29, 0.717) is 16.5 Å². The summed E-state index contributed by atoms with van der Waals surface area (Å²) >= 11 is 6.30. The minimum absolute atomic E-state index is 0.301. The monoisotopic (exact) mass is 334 g/mol. The average molecular weight is 335 g/mol. The molecule has 2 aromatic rings. The van der Waals surface area contributed by atoms with Crippen LogP contribution in [0, 0.1) is 0 Å². The van der Waals surface area contributed by atoms with E-state index in [-0.39, 0.29) is 6.03 Å². The number of ether oxygens (including phenoxy) is 2. The van der Waals surface area contributed by atoms with E-state index >= 15 is 0 Å². The van der Waals surface area contributed by atoms with E-state index in [1.54, 1.807) is 33.4 Å². The van der Waals surface area contributed by atoms with Crippen LogP contribution < -0.4 is 20.1 Å². The molecule has 0 aliphatic rings. The van der Waals surface area contributed by atoms with E-state index < -0.39 is 6.04 Å². The molecule has 5 nitrogen and oxygen atoms in total. The molecule has 2 amide bonds. The fraction of sp³-hybridized carbons (Fsp3) is 0.235. The first-order chi connectivity index (χ1) is 11.1. The van der Waals surface area contributed by atoms with Gasteiger partial charge < -0.3 is 20.1 Å². The second-order valence-electron chi connectivity index (χ2n) is 4.79. The summed E-state index contributed by atoms with van der Waals surface area (Å²) in [5, 5.41) is 6.03. The molecule has 1 atom stereocenters. The Labute approximate surface area is 140 Å². The zero-order valence-electron chi connectivity index (χ0n) is 13.2. The van der Waals surface area contributed by atoms with Gasteiger partial charge in [-0.2, -0.15) is 0 Å². The number of methoxy groups -OCH3 is 2. The number of urea groups is 1. The molecule has 0 fully saturated rings. The zero-order valence-corrected chi connectivity index (χ0v) is 14.0. The van der Waals surface area contributed by atoms with Gasteiger partial charge in [-0.1, -0.05) is 35.9 Å². The Morgan fingerprint density at radius 3 is 2.39 bits per heavy atom. The summed E-state index contributed by atoms with van der Waals surface area (Å²) in [6, 6.07) is 12.2. The number of rotatable bonds is 5. The van der Waals surface area contributed by atoms with Crippen molar-refractivity contribution in [1.82, 2.24) is 10.6 Å². The topological polar surface area (TPSA) is 59.6 Å². The Balaban J connectivity index is 2.49. The zero-order chi connectivity index (χ0) is 16.8. The van der Waals surface area contributed by atoms with Gasteiger partial charge >= 0.3 is 6.03 Å². The number of hydrogen-bond donors (Lipinski definition) is 2. The minimum atomic E-state index is -0.413. The number of halogens is 1. The first-order valence-corrected chi connectivity index (χ1v) is 7.43. The lowest BCUT2D eigenvalue weighted by molar-refractivity contribution is 0.240. The third kappa shape index (κ3) is 3.87. The maximum Gasteiger partial charge on any atom is 0.315 e.